The third-order valence-corrected chi connectivity index (χ3v) is 10.1. The Morgan fingerprint density at radius 2 is 1.88 bits per heavy atom. The molecule has 0 bridgehead atoms. The van der Waals surface area contributed by atoms with Crippen LogP contribution in [0.5, 0.6) is 23.0 Å². The van der Waals surface area contributed by atoms with Crippen molar-refractivity contribution in [3.8, 4) is 23.0 Å². The van der Waals surface area contributed by atoms with E-state index in [1.54, 1.807) is 51.1 Å². The average molecular weight is 676 g/mol. The molecule has 0 saturated carbocycles. The van der Waals surface area contributed by atoms with Gasteiger partial charge in [-0.15, -0.1) is 11.3 Å². The number of thiazole rings is 1. The Kier molecular flexibility index (Phi) is 10.4. The first kappa shape index (κ1) is 33.5. The first-order valence-electron chi connectivity index (χ1n) is 16.0. The number of benzene rings is 3. The Morgan fingerprint density at radius 1 is 1.08 bits per heavy atom. The number of hydrogen-bond acceptors (Lipinski definition) is 11. The predicted molar refractivity (Wildman–Crippen MR) is 185 cm³/mol. The van der Waals surface area contributed by atoms with E-state index in [0.29, 0.717) is 45.7 Å². The van der Waals surface area contributed by atoms with Crippen LogP contribution in [0, 0.1) is 11.7 Å². The van der Waals surface area contributed by atoms with E-state index >= 15 is 4.39 Å². The lowest BCUT2D eigenvalue weighted by Gasteiger charge is -2.33. The van der Waals surface area contributed by atoms with Crippen LogP contribution in [0.15, 0.2) is 72.8 Å². The zero-order chi connectivity index (χ0) is 33.7. The summed E-state index contributed by atoms with van der Waals surface area (Å²) in [6.45, 7) is 6.90. The fraction of sp³-hybridized carbons (Fsp3) is 0.361. The molecule has 0 amide bonds. The van der Waals surface area contributed by atoms with Gasteiger partial charge in [-0.1, -0.05) is 24.8 Å². The van der Waals surface area contributed by atoms with Gasteiger partial charge in [0.15, 0.2) is 11.6 Å². The van der Waals surface area contributed by atoms with Crippen molar-refractivity contribution in [3.63, 3.8) is 0 Å². The quantitative estimate of drug-likeness (QED) is 0.128. The van der Waals surface area contributed by atoms with Crippen molar-refractivity contribution < 1.29 is 28.6 Å². The number of ether oxygens (including phenoxy) is 3. The summed E-state index contributed by atoms with van der Waals surface area (Å²) in [6.07, 6.45) is 7.60. The number of anilines is 2. The van der Waals surface area contributed by atoms with Crippen LogP contribution in [-0.4, -0.2) is 66.9 Å². The number of rotatable bonds is 15. The van der Waals surface area contributed by atoms with E-state index in [1.165, 1.54) is 34.0 Å². The van der Waals surface area contributed by atoms with Gasteiger partial charge in [-0.3, -0.25) is 10.1 Å². The number of nitrogens with zero attached hydrogens (tertiary/aromatic N) is 4. The molecule has 2 saturated heterocycles. The third kappa shape index (κ3) is 7.21. The summed E-state index contributed by atoms with van der Waals surface area (Å²) in [4.78, 5) is 12.6. The van der Waals surface area contributed by atoms with E-state index in [9.17, 15) is 5.21 Å². The van der Waals surface area contributed by atoms with E-state index in [2.05, 4.69) is 33.9 Å². The van der Waals surface area contributed by atoms with Crippen molar-refractivity contribution in [3.05, 3.63) is 95.3 Å². The monoisotopic (exact) mass is 675 g/mol. The van der Waals surface area contributed by atoms with Crippen LogP contribution in [0.3, 0.4) is 0 Å². The second-order valence-electron chi connectivity index (χ2n) is 12.2. The first-order chi connectivity index (χ1) is 23.3. The average Bonchev–Trinajstić information content (AvgIpc) is 3.85. The Balaban J connectivity index is 1.15. The molecule has 3 heterocycles. The standard InChI is InChI=1S/C36H42FN5O5S/c1-5-27-18-34(47-42(43)41(35-38-14-16-48-35)23-28-9-12-30(45-3)19-33(28)46-4)31(37)20-32(27)39-24-36-13-6-15-40(36)22-26(21-36)17-25-7-10-29(44-2)11-8-25/h5,7-12,14,16,18-20,26,39,43H,1,6,13,15,17,21-24H2,2-4H3. The van der Waals surface area contributed by atoms with E-state index < -0.39 is 5.82 Å². The zero-order valence-electron chi connectivity index (χ0n) is 27.5. The van der Waals surface area contributed by atoms with Gasteiger partial charge in [-0.2, -0.15) is 0 Å². The van der Waals surface area contributed by atoms with Crippen LogP contribution in [0.25, 0.3) is 6.08 Å². The van der Waals surface area contributed by atoms with Crippen molar-refractivity contribution in [1.29, 1.82) is 0 Å². The molecule has 2 fully saturated rings. The molecule has 254 valence electrons. The molecule has 2 aliphatic heterocycles. The van der Waals surface area contributed by atoms with Crippen molar-refractivity contribution in [1.82, 2.24) is 15.2 Å². The Labute approximate surface area is 284 Å². The highest BCUT2D eigenvalue weighted by Crippen LogP contribution is 2.43. The maximum atomic E-state index is 15.7. The van der Waals surface area contributed by atoms with Crippen LogP contribution < -0.4 is 29.4 Å². The van der Waals surface area contributed by atoms with Crippen molar-refractivity contribution in [2.75, 3.05) is 51.3 Å². The number of methoxy groups -OCH3 is 3. The summed E-state index contributed by atoms with van der Waals surface area (Å²) in [6, 6.07) is 16.6. The van der Waals surface area contributed by atoms with Gasteiger partial charge in [0, 0.05) is 59.2 Å². The molecule has 2 unspecified atom stereocenters. The first-order valence-corrected chi connectivity index (χ1v) is 16.9. The maximum absolute atomic E-state index is 15.7. The summed E-state index contributed by atoms with van der Waals surface area (Å²) >= 11 is 1.29. The van der Waals surface area contributed by atoms with E-state index in [1.807, 2.05) is 18.2 Å². The lowest BCUT2D eigenvalue weighted by molar-refractivity contribution is -0.292. The minimum Gasteiger partial charge on any atom is -0.497 e. The van der Waals surface area contributed by atoms with Crippen LogP contribution in [0.2, 0.25) is 0 Å². The topological polar surface area (TPSA) is 91.8 Å². The van der Waals surface area contributed by atoms with Gasteiger partial charge in [0.1, 0.15) is 17.2 Å². The molecule has 48 heavy (non-hydrogen) atoms. The molecule has 0 aliphatic carbocycles. The van der Waals surface area contributed by atoms with Crippen molar-refractivity contribution in [2.45, 2.75) is 37.8 Å². The summed E-state index contributed by atoms with van der Waals surface area (Å²) in [5.74, 6) is 1.79. The smallest absolute Gasteiger partial charge is 0.204 e. The molecule has 10 nitrogen and oxygen atoms in total. The van der Waals surface area contributed by atoms with Crippen LogP contribution in [-0.2, 0) is 13.0 Å². The number of fused-ring (bicyclic) bond motifs is 1. The summed E-state index contributed by atoms with van der Waals surface area (Å²) in [5, 5.41) is 18.8. The Hall–Kier alpha value is -4.36. The van der Waals surface area contributed by atoms with E-state index in [4.69, 9.17) is 19.0 Å². The van der Waals surface area contributed by atoms with Crippen molar-refractivity contribution in [2.24, 2.45) is 5.92 Å². The van der Waals surface area contributed by atoms with E-state index in [0.717, 1.165) is 50.1 Å². The molecule has 3 aromatic carbocycles. The molecule has 0 radical (unpaired) electrons. The summed E-state index contributed by atoms with van der Waals surface area (Å²) in [7, 11) is 4.81. The molecule has 0 spiro atoms. The number of halogens is 1. The number of hydrazine groups is 1. The lowest BCUT2D eigenvalue weighted by Crippen LogP contribution is -2.44. The lowest BCUT2D eigenvalue weighted by atomic mass is 9.87. The Bertz CT molecular complexity index is 1690. The van der Waals surface area contributed by atoms with Gasteiger partial charge in [0.25, 0.3) is 0 Å². The van der Waals surface area contributed by atoms with Gasteiger partial charge in [-0.05, 0) is 74.0 Å². The molecule has 1 aromatic heterocycles. The number of nitrogens with one attached hydrogen (secondary N) is 1. The number of aromatic nitrogens is 1. The van der Waals surface area contributed by atoms with Gasteiger partial charge in [0.2, 0.25) is 5.13 Å². The highest BCUT2D eigenvalue weighted by atomic mass is 32.1. The summed E-state index contributed by atoms with van der Waals surface area (Å²) in [5.41, 5.74) is 3.33. The van der Waals surface area contributed by atoms with E-state index in [-0.39, 0.29) is 17.8 Å². The zero-order valence-corrected chi connectivity index (χ0v) is 28.3. The van der Waals surface area contributed by atoms with Crippen LogP contribution >= 0.6 is 11.3 Å². The number of hydrogen-bond donors (Lipinski definition) is 2. The second-order valence-corrected chi connectivity index (χ2v) is 13.1. The SMILES string of the molecule is C=Cc1cc(ON(O)N(Cc2ccc(OC)cc2OC)c2nccs2)c(F)cc1NCC12CCCN1CC(Cc1ccc(OC)cc1)C2. The maximum Gasteiger partial charge on any atom is 0.204 e. The van der Waals surface area contributed by atoms with Gasteiger partial charge in [0.05, 0.1) is 33.2 Å². The predicted octanol–water partition coefficient (Wildman–Crippen LogP) is 7.07. The van der Waals surface area contributed by atoms with Crippen LogP contribution in [0.4, 0.5) is 15.2 Å². The molecule has 2 atom stereocenters. The molecule has 2 N–H and O–H groups in total. The van der Waals surface area contributed by atoms with Gasteiger partial charge in [-0.25, -0.2) is 14.4 Å². The molecule has 12 heteroatoms. The van der Waals surface area contributed by atoms with Crippen molar-refractivity contribution >= 4 is 28.2 Å². The second kappa shape index (κ2) is 14.8. The largest absolute Gasteiger partial charge is 0.497 e. The minimum absolute atomic E-state index is 0.0137. The summed E-state index contributed by atoms with van der Waals surface area (Å²) < 4.78 is 31.8. The highest BCUT2D eigenvalue weighted by molar-refractivity contribution is 7.13. The molecule has 2 aliphatic rings. The Morgan fingerprint density at radius 3 is 2.58 bits per heavy atom. The highest BCUT2D eigenvalue weighted by Gasteiger charge is 2.48. The minimum atomic E-state index is -0.632. The fourth-order valence-corrected chi connectivity index (χ4v) is 7.60. The normalized spacial score (nSPS) is 18.8. The third-order valence-electron chi connectivity index (χ3n) is 9.34. The van der Waals surface area contributed by atoms with Crippen LogP contribution in [0.1, 0.15) is 36.0 Å². The molecule has 4 aromatic rings. The van der Waals surface area contributed by atoms with Gasteiger partial charge < -0.3 is 24.4 Å². The molecular formula is C36H42FN5O5S. The van der Waals surface area contributed by atoms with Gasteiger partial charge >= 0.3 is 0 Å². The molecular weight excluding hydrogens is 633 g/mol. The fourth-order valence-electron chi connectivity index (χ4n) is 6.97. The molecule has 6 rings (SSSR count).